The molecule has 0 bridgehead atoms. The van der Waals surface area contributed by atoms with E-state index in [4.69, 9.17) is 9.47 Å². The molecule has 0 N–H and O–H groups in total. The molecular formula is C13H17FO3. The van der Waals surface area contributed by atoms with Gasteiger partial charge in [0.15, 0.2) is 5.78 Å². The summed E-state index contributed by atoms with van der Waals surface area (Å²) in [5.74, 6) is -0.509. The van der Waals surface area contributed by atoms with Gasteiger partial charge < -0.3 is 9.47 Å². The molecule has 1 aromatic rings. The van der Waals surface area contributed by atoms with Crippen molar-refractivity contribution in [1.29, 1.82) is 0 Å². The molecule has 1 rings (SSSR count). The minimum absolute atomic E-state index is 0.0473. The highest BCUT2D eigenvalue weighted by Crippen LogP contribution is 2.19. The average molecular weight is 240 g/mol. The van der Waals surface area contributed by atoms with Crippen molar-refractivity contribution in [3.63, 3.8) is 0 Å². The van der Waals surface area contributed by atoms with Crippen LogP contribution in [0.2, 0.25) is 0 Å². The number of hydrogen-bond acceptors (Lipinski definition) is 3. The number of Topliss-reactive ketones (excluding diaryl/α,β-unsaturated/α-hetero) is 1. The van der Waals surface area contributed by atoms with Crippen LogP contribution in [0.15, 0.2) is 18.2 Å². The quantitative estimate of drug-likeness (QED) is 0.717. The lowest BCUT2D eigenvalue weighted by molar-refractivity contribution is 0.0574. The fraction of sp³-hybridized carbons (Fsp3) is 0.462. The van der Waals surface area contributed by atoms with Gasteiger partial charge in [0, 0.05) is 13.2 Å². The van der Waals surface area contributed by atoms with E-state index in [-0.39, 0.29) is 11.3 Å². The highest BCUT2D eigenvalue weighted by atomic mass is 19.1. The van der Waals surface area contributed by atoms with E-state index in [9.17, 15) is 9.18 Å². The second-order valence-corrected chi connectivity index (χ2v) is 3.72. The number of ether oxygens (including phenoxy) is 2. The van der Waals surface area contributed by atoms with E-state index < -0.39 is 11.9 Å². The van der Waals surface area contributed by atoms with Crippen molar-refractivity contribution in [2.24, 2.45) is 0 Å². The molecule has 0 aliphatic rings. The molecule has 0 heterocycles. The van der Waals surface area contributed by atoms with Crippen molar-refractivity contribution in [1.82, 2.24) is 0 Å². The van der Waals surface area contributed by atoms with Gasteiger partial charge in [0.1, 0.15) is 17.7 Å². The Morgan fingerprint density at radius 3 is 2.59 bits per heavy atom. The van der Waals surface area contributed by atoms with E-state index in [0.29, 0.717) is 12.2 Å². The van der Waals surface area contributed by atoms with Crippen LogP contribution in [0.4, 0.5) is 4.39 Å². The Morgan fingerprint density at radius 1 is 1.41 bits per heavy atom. The van der Waals surface area contributed by atoms with Gasteiger partial charge in [-0.05, 0) is 18.6 Å². The van der Waals surface area contributed by atoms with Crippen LogP contribution < -0.4 is 4.74 Å². The zero-order valence-corrected chi connectivity index (χ0v) is 10.3. The second-order valence-electron chi connectivity index (χ2n) is 3.72. The monoisotopic (exact) mass is 240 g/mol. The van der Waals surface area contributed by atoms with Crippen LogP contribution in [-0.2, 0) is 4.74 Å². The van der Waals surface area contributed by atoms with Crippen LogP contribution in [0.3, 0.4) is 0 Å². The van der Waals surface area contributed by atoms with Gasteiger partial charge in [0.2, 0.25) is 0 Å². The Bertz CT molecular complexity index is 390. The van der Waals surface area contributed by atoms with E-state index >= 15 is 0 Å². The van der Waals surface area contributed by atoms with Crippen molar-refractivity contribution in [3.8, 4) is 5.75 Å². The fourth-order valence-corrected chi connectivity index (χ4v) is 1.61. The van der Waals surface area contributed by atoms with Gasteiger partial charge in [0.25, 0.3) is 0 Å². The lowest BCUT2D eigenvalue weighted by atomic mass is 10.0. The third-order valence-electron chi connectivity index (χ3n) is 2.57. The molecule has 0 saturated heterocycles. The van der Waals surface area contributed by atoms with Crippen molar-refractivity contribution in [2.45, 2.75) is 25.9 Å². The first-order valence-corrected chi connectivity index (χ1v) is 5.54. The van der Waals surface area contributed by atoms with Gasteiger partial charge in [-0.15, -0.1) is 0 Å². The van der Waals surface area contributed by atoms with Gasteiger partial charge in [-0.2, -0.15) is 0 Å². The Hall–Kier alpha value is -1.42. The lowest BCUT2D eigenvalue weighted by Crippen LogP contribution is -2.23. The maximum atomic E-state index is 13.7. The minimum atomic E-state index is -0.581. The molecule has 0 amide bonds. The smallest absolute Gasteiger partial charge is 0.194 e. The first kappa shape index (κ1) is 13.6. The normalized spacial score (nSPS) is 12.2. The molecule has 0 saturated carbocycles. The maximum absolute atomic E-state index is 13.7. The van der Waals surface area contributed by atoms with Crippen molar-refractivity contribution in [2.75, 3.05) is 14.2 Å². The summed E-state index contributed by atoms with van der Waals surface area (Å²) in [6, 6.07) is 4.19. The van der Waals surface area contributed by atoms with Crippen LogP contribution in [-0.4, -0.2) is 26.1 Å². The molecule has 0 radical (unpaired) electrons. The molecule has 0 fully saturated rings. The Balaban J connectivity index is 2.95. The number of hydrogen-bond donors (Lipinski definition) is 0. The highest BCUT2D eigenvalue weighted by Gasteiger charge is 2.21. The molecule has 0 aliphatic carbocycles. The summed E-state index contributed by atoms with van der Waals surface area (Å²) in [4.78, 5) is 12.0. The summed E-state index contributed by atoms with van der Waals surface area (Å²) in [5.41, 5.74) is 0.0473. The maximum Gasteiger partial charge on any atom is 0.194 e. The topological polar surface area (TPSA) is 35.5 Å². The van der Waals surface area contributed by atoms with Gasteiger partial charge in [-0.25, -0.2) is 4.39 Å². The first-order valence-electron chi connectivity index (χ1n) is 5.54. The largest absolute Gasteiger partial charge is 0.497 e. The molecule has 0 aromatic heterocycles. The van der Waals surface area contributed by atoms with Gasteiger partial charge in [0.05, 0.1) is 12.7 Å². The van der Waals surface area contributed by atoms with E-state index in [1.165, 1.54) is 26.4 Å². The van der Waals surface area contributed by atoms with E-state index in [0.717, 1.165) is 6.42 Å². The Morgan fingerprint density at radius 2 is 2.12 bits per heavy atom. The van der Waals surface area contributed by atoms with Crippen LogP contribution >= 0.6 is 0 Å². The highest BCUT2D eigenvalue weighted by molar-refractivity contribution is 5.99. The minimum Gasteiger partial charge on any atom is -0.497 e. The molecule has 3 nitrogen and oxygen atoms in total. The van der Waals surface area contributed by atoms with Gasteiger partial charge in [-0.1, -0.05) is 13.3 Å². The van der Waals surface area contributed by atoms with Crippen LogP contribution in [0, 0.1) is 5.82 Å². The predicted molar refractivity (Wildman–Crippen MR) is 63.0 cm³/mol. The summed E-state index contributed by atoms with van der Waals surface area (Å²) in [6.07, 6.45) is 0.811. The molecule has 17 heavy (non-hydrogen) atoms. The Labute approximate surface area is 101 Å². The van der Waals surface area contributed by atoms with E-state index in [2.05, 4.69) is 0 Å². The summed E-state index contributed by atoms with van der Waals surface area (Å²) in [6.45, 7) is 1.95. The van der Waals surface area contributed by atoms with Crippen molar-refractivity contribution >= 4 is 5.78 Å². The SMILES string of the molecule is CCCC(OC)C(=O)c1ccc(OC)cc1F. The molecule has 1 unspecified atom stereocenters. The Kier molecular flexibility index (Phi) is 5.10. The number of carbonyl (C=O) groups excluding carboxylic acids is 1. The zero-order chi connectivity index (χ0) is 12.8. The molecule has 1 atom stereocenters. The van der Waals surface area contributed by atoms with Crippen molar-refractivity contribution in [3.05, 3.63) is 29.6 Å². The standard InChI is InChI=1S/C13H17FO3/c1-4-5-12(17-3)13(15)10-7-6-9(16-2)8-11(10)14/h6-8,12H,4-5H2,1-3H3. The van der Waals surface area contributed by atoms with E-state index in [1.807, 2.05) is 6.92 Å². The summed E-state index contributed by atoms with van der Waals surface area (Å²) < 4.78 is 23.6. The fourth-order valence-electron chi connectivity index (χ4n) is 1.61. The third-order valence-corrected chi connectivity index (χ3v) is 2.57. The third kappa shape index (κ3) is 3.27. The number of methoxy groups -OCH3 is 2. The van der Waals surface area contributed by atoms with Crippen LogP contribution in [0.25, 0.3) is 0 Å². The molecular weight excluding hydrogens is 223 g/mol. The first-order chi connectivity index (χ1) is 8.13. The van der Waals surface area contributed by atoms with E-state index in [1.54, 1.807) is 6.07 Å². The summed E-state index contributed by atoms with van der Waals surface area (Å²) in [5, 5.41) is 0. The van der Waals surface area contributed by atoms with Crippen molar-refractivity contribution < 1.29 is 18.7 Å². The second kappa shape index (κ2) is 6.35. The van der Waals surface area contributed by atoms with Gasteiger partial charge in [-0.3, -0.25) is 4.79 Å². The number of rotatable bonds is 6. The average Bonchev–Trinajstić information content (AvgIpc) is 2.35. The number of carbonyl (C=O) groups is 1. The van der Waals surface area contributed by atoms with Crippen LogP contribution in [0.1, 0.15) is 30.1 Å². The molecule has 4 heteroatoms. The molecule has 1 aromatic carbocycles. The lowest BCUT2D eigenvalue weighted by Gasteiger charge is -2.13. The molecule has 0 spiro atoms. The number of halogens is 1. The summed E-state index contributed by atoms with van der Waals surface area (Å²) in [7, 11) is 2.91. The summed E-state index contributed by atoms with van der Waals surface area (Å²) >= 11 is 0. The molecule has 0 aliphatic heterocycles. The predicted octanol–water partition coefficient (Wildman–Crippen LogP) is 2.83. The van der Waals surface area contributed by atoms with Crippen LogP contribution in [0.5, 0.6) is 5.75 Å². The number of ketones is 1. The molecule has 94 valence electrons. The zero-order valence-electron chi connectivity index (χ0n) is 10.3. The van der Waals surface area contributed by atoms with Gasteiger partial charge >= 0.3 is 0 Å². The number of benzene rings is 1.